The molecule has 0 aliphatic rings. The van der Waals surface area contributed by atoms with E-state index >= 15 is 0 Å². The zero-order valence-corrected chi connectivity index (χ0v) is 12.4. The number of nitrogens with two attached hydrogens (primary N) is 1. The highest BCUT2D eigenvalue weighted by Gasteiger charge is 2.13. The van der Waals surface area contributed by atoms with Crippen LogP contribution in [-0.4, -0.2) is 26.7 Å². The average Bonchev–Trinajstić information content (AvgIpc) is 2.91. The van der Waals surface area contributed by atoms with Gasteiger partial charge in [0.1, 0.15) is 6.33 Å². The van der Waals surface area contributed by atoms with Crippen LogP contribution < -0.4 is 11.1 Å². The predicted molar refractivity (Wildman–Crippen MR) is 82.6 cm³/mol. The number of benzene rings is 1. The summed E-state index contributed by atoms with van der Waals surface area (Å²) in [6.07, 6.45) is 4.35. The first-order valence-electron chi connectivity index (χ1n) is 7.12. The molecule has 6 heteroatoms. The summed E-state index contributed by atoms with van der Waals surface area (Å²) in [6.45, 7) is 2.08. The molecule has 0 radical (unpaired) electrons. The maximum Gasteiger partial charge on any atom is 0.241 e. The highest BCUT2D eigenvalue weighted by molar-refractivity contribution is 5.94. The number of hydrogen-bond donors (Lipinski definition) is 2. The Hall–Kier alpha value is -2.21. The van der Waals surface area contributed by atoms with Crippen LogP contribution in [0.4, 0.5) is 5.69 Å². The van der Waals surface area contributed by atoms with Gasteiger partial charge in [0, 0.05) is 18.3 Å². The fourth-order valence-electron chi connectivity index (χ4n) is 2.04. The summed E-state index contributed by atoms with van der Waals surface area (Å²) in [6, 6.07) is 7.03. The molecule has 3 N–H and O–H groups in total. The molecular weight excluding hydrogens is 266 g/mol. The van der Waals surface area contributed by atoms with E-state index in [0.29, 0.717) is 6.42 Å². The number of unbranched alkanes of at least 4 members (excludes halogenated alkanes) is 1. The van der Waals surface area contributed by atoms with Crippen LogP contribution in [0.25, 0.3) is 11.4 Å². The van der Waals surface area contributed by atoms with Gasteiger partial charge in [-0.1, -0.05) is 19.8 Å². The molecular formula is C15H21N5O. The van der Waals surface area contributed by atoms with Crippen molar-refractivity contribution in [1.29, 1.82) is 0 Å². The quantitative estimate of drug-likeness (QED) is 0.850. The van der Waals surface area contributed by atoms with E-state index in [0.717, 1.165) is 29.9 Å². The van der Waals surface area contributed by atoms with Crippen molar-refractivity contribution < 1.29 is 4.79 Å². The Morgan fingerprint density at radius 3 is 2.67 bits per heavy atom. The van der Waals surface area contributed by atoms with Gasteiger partial charge in [0.05, 0.1) is 6.04 Å². The smallest absolute Gasteiger partial charge is 0.241 e. The average molecular weight is 287 g/mol. The number of aryl methyl sites for hydroxylation is 1. The van der Waals surface area contributed by atoms with Crippen LogP contribution in [0.5, 0.6) is 0 Å². The molecule has 2 rings (SSSR count). The minimum Gasteiger partial charge on any atom is -0.325 e. The third-order valence-corrected chi connectivity index (χ3v) is 3.33. The Bertz CT molecular complexity index is 590. The fourth-order valence-corrected chi connectivity index (χ4v) is 2.04. The molecule has 0 aliphatic heterocycles. The molecule has 1 aromatic heterocycles. The molecule has 1 amide bonds. The highest BCUT2D eigenvalue weighted by atomic mass is 16.2. The van der Waals surface area contributed by atoms with Crippen LogP contribution in [0.15, 0.2) is 30.6 Å². The molecule has 0 bridgehead atoms. The van der Waals surface area contributed by atoms with E-state index in [1.165, 1.54) is 0 Å². The van der Waals surface area contributed by atoms with Gasteiger partial charge in [-0.3, -0.25) is 4.79 Å². The van der Waals surface area contributed by atoms with Crippen LogP contribution in [0.2, 0.25) is 0 Å². The van der Waals surface area contributed by atoms with Gasteiger partial charge in [-0.15, -0.1) is 10.2 Å². The lowest BCUT2D eigenvalue weighted by atomic mass is 10.1. The number of nitrogens with one attached hydrogen (secondary N) is 1. The molecule has 1 unspecified atom stereocenters. The van der Waals surface area contributed by atoms with E-state index < -0.39 is 6.04 Å². The largest absolute Gasteiger partial charge is 0.325 e. The first-order valence-corrected chi connectivity index (χ1v) is 7.12. The van der Waals surface area contributed by atoms with Crippen molar-refractivity contribution in [2.24, 2.45) is 12.8 Å². The molecule has 2 aromatic rings. The van der Waals surface area contributed by atoms with Crippen molar-refractivity contribution in [3.8, 4) is 11.4 Å². The van der Waals surface area contributed by atoms with Crippen molar-refractivity contribution in [1.82, 2.24) is 14.8 Å². The lowest BCUT2D eigenvalue weighted by Crippen LogP contribution is -2.35. The Balaban J connectivity index is 2.00. The summed E-state index contributed by atoms with van der Waals surface area (Å²) in [5, 5.41) is 10.7. The van der Waals surface area contributed by atoms with Gasteiger partial charge in [0.15, 0.2) is 5.82 Å². The lowest BCUT2D eigenvalue weighted by Gasteiger charge is -2.12. The van der Waals surface area contributed by atoms with E-state index in [4.69, 9.17) is 5.73 Å². The van der Waals surface area contributed by atoms with Crippen molar-refractivity contribution in [2.75, 3.05) is 5.32 Å². The van der Waals surface area contributed by atoms with Crippen LogP contribution in [0.1, 0.15) is 26.2 Å². The van der Waals surface area contributed by atoms with E-state index in [1.807, 2.05) is 35.9 Å². The van der Waals surface area contributed by atoms with Crippen molar-refractivity contribution in [3.05, 3.63) is 30.6 Å². The molecule has 0 fully saturated rings. The Kier molecular flexibility index (Phi) is 5.05. The summed E-state index contributed by atoms with van der Waals surface area (Å²) in [4.78, 5) is 11.9. The summed E-state index contributed by atoms with van der Waals surface area (Å²) in [5.41, 5.74) is 7.53. The Labute approximate surface area is 124 Å². The summed E-state index contributed by atoms with van der Waals surface area (Å²) < 4.78 is 1.84. The number of carbonyl (C=O) groups excluding carboxylic acids is 1. The molecule has 1 atom stereocenters. The Morgan fingerprint density at radius 1 is 1.38 bits per heavy atom. The minimum absolute atomic E-state index is 0.144. The number of hydrogen-bond acceptors (Lipinski definition) is 4. The number of rotatable bonds is 6. The molecule has 6 nitrogen and oxygen atoms in total. The van der Waals surface area contributed by atoms with E-state index in [9.17, 15) is 4.79 Å². The molecule has 0 saturated carbocycles. The van der Waals surface area contributed by atoms with Crippen molar-refractivity contribution >= 4 is 11.6 Å². The second-order valence-corrected chi connectivity index (χ2v) is 5.08. The summed E-state index contributed by atoms with van der Waals surface area (Å²) >= 11 is 0. The van der Waals surface area contributed by atoms with Crippen LogP contribution in [0.3, 0.4) is 0 Å². The molecule has 1 aromatic carbocycles. The predicted octanol–water partition coefficient (Wildman–Crippen LogP) is 1.94. The summed E-state index contributed by atoms with van der Waals surface area (Å²) in [7, 11) is 1.89. The molecule has 0 aliphatic carbocycles. The zero-order valence-electron chi connectivity index (χ0n) is 12.4. The zero-order chi connectivity index (χ0) is 15.2. The summed E-state index contributed by atoms with van der Waals surface area (Å²) in [5.74, 6) is 0.641. The second kappa shape index (κ2) is 6.99. The number of carbonyl (C=O) groups is 1. The van der Waals surface area contributed by atoms with Gasteiger partial charge in [0.2, 0.25) is 5.91 Å². The monoisotopic (exact) mass is 287 g/mol. The third kappa shape index (κ3) is 3.88. The van der Waals surface area contributed by atoms with Crippen molar-refractivity contribution in [3.63, 3.8) is 0 Å². The van der Waals surface area contributed by atoms with Gasteiger partial charge < -0.3 is 15.6 Å². The van der Waals surface area contributed by atoms with Crippen molar-refractivity contribution in [2.45, 2.75) is 32.2 Å². The number of anilines is 1. The first-order chi connectivity index (χ1) is 10.1. The lowest BCUT2D eigenvalue weighted by molar-refractivity contribution is -0.117. The Morgan fingerprint density at radius 2 is 2.10 bits per heavy atom. The minimum atomic E-state index is -0.455. The van der Waals surface area contributed by atoms with Gasteiger partial charge in [0.25, 0.3) is 0 Å². The maximum atomic E-state index is 11.9. The normalized spacial score (nSPS) is 12.1. The van der Waals surface area contributed by atoms with Gasteiger partial charge in [-0.2, -0.15) is 0 Å². The highest BCUT2D eigenvalue weighted by Crippen LogP contribution is 2.18. The van der Waals surface area contributed by atoms with E-state index in [2.05, 4.69) is 22.4 Å². The molecule has 0 saturated heterocycles. The number of aromatic nitrogens is 3. The van der Waals surface area contributed by atoms with E-state index in [1.54, 1.807) is 6.33 Å². The fraction of sp³-hybridized carbons (Fsp3) is 0.400. The third-order valence-electron chi connectivity index (χ3n) is 3.33. The standard InChI is InChI=1S/C15H21N5O/c1-3-4-5-13(16)15(21)18-12-8-6-11(7-9-12)14-19-17-10-20(14)2/h6-10,13H,3-5,16H2,1-2H3,(H,18,21). The number of amides is 1. The second-order valence-electron chi connectivity index (χ2n) is 5.08. The molecule has 112 valence electrons. The molecule has 0 spiro atoms. The van der Waals surface area contributed by atoms with Gasteiger partial charge >= 0.3 is 0 Å². The molecule has 1 heterocycles. The SMILES string of the molecule is CCCCC(N)C(=O)Nc1ccc(-c2nncn2C)cc1. The maximum absolute atomic E-state index is 11.9. The van der Waals surface area contributed by atoms with Crippen LogP contribution in [0, 0.1) is 0 Å². The van der Waals surface area contributed by atoms with Gasteiger partial charge in [-0.25, -0.2) is 0 Å². The van der Waals surface area contributed by atoms with E-state index in [-0.39, 0.29) is 5.91 Å². The van der Waals surface area contributed by atoms with Crippen LogP contribution in [-0.2, 0) is 11.8 Å². The topological polar surface area (TPSA) is 85.8 Å². The first kappa shape index (κ1) is 15.2. The van der Waals surface area contributed by atoms with Crippen LogP contribution >= 0.6 is 0 Å². The number of nitrogens with zero attached hydrogens (tertiary/aromatic N) is 3. The molecule has 21 heavy (non-hydrogen) atoms. The van der Waals surface area contributed by atoms with Gasteiger partial charge in [-0.05, 0) is 30.7 Å².